The van der Waals surface area contributed by atoms with Gasteiger partial charge in [0.25, 0.3) is 0 Å². The molecule has 0 spiro atoms. The number of methoxy groups -OCH3 is 3. The third kappa shape index (κ3) is 9.02. The molecule has 0 unspecified atom stereocenters. The van der Waals surface area contributed by atoms with E-state index < -0.39 is 6.29 Å². The highest BCUT2D eigenvalue weighted by atomic mass is 16.7. The SMILES string of the molecule is COCCN1CCC(c2ccccc2)(c2cc(CCOCCC(=O)N(CC(OC)OC)C3CCCCC3)ccc2O)CC1. The first-order chi connectivity index (χ1) is 21.0. The number of aromatic hydroxyl groups is 1. The van der Waals surface area contributed by atoms with Gasteiger partial charge in [0, 0.05) is 44.9 Å². The summed E-state index contributed by atoms with van der Waals surface area (Å²) in [5, 5.41) is 11.1. The third-order valence-electron chi connectivity index (χ3n) is 9.43. The first kappa shape index (κ1) is 33.4. The molecule has 0 atom stereocenters. The number of rotatable bonds is 16. The lowest BCUT2D eigenvalue weighted by Gasteiger charge is -2.43. The van der Waals surface area contributed by atoms with Gasteiger partial charge in [0.05, 0.1) is 32.8 Å². The molecule has 0 radical (unpaired) electrons. The second kappa shape index (κ2) is 17.1. The van der Waals surface area contributed by atoms with Crippen LogP contribution in [0.25, 0.3) is 0 Å². The number of carbonyl (C=O) groups excluding carboxylic acids is 1. The lowest BCUT2D eigenvalue weighted by atomic mass is 9.67. The van der Waals surface area contributed by atoms with Gasteiger partial charge in [0.2, 0.25) is 5.91 Å². The zero-order chi connectivity index (χ0) is 30.5. The van der Waals surface area contributed by atoms with Crippen molar-refractivity contribution in [2.45, 2.75) is 75.5 Å². The predicted molar refractivity (Wildman–Crippen MR) is 168 cm³/mol. The summed E-state index contributed by atoms with van der Waals surface area (Å²) < 4.78 is 22.1. The van der Waals surface area contributed by atoms with Gasteiger partial charge in [-0.05, 0) is 62.4 Å². The highest BCUT2D eigenvalue weighted by molar-refractivity contribution is 5.76. The van der Waals surface area contributed by atoms with E-state index in [1.165, 1.54) is 12.0 Å². The van der Waals surface area contributed by atoms with Crippen LogP contribution in [0.4, 0.5) is 0 Å². The Kier molecular flexibility index (Phi) is 13.3. The van der Waals surface area contributed by atoms with E-state index >= 15 is 0 Å². The minimum Gasteiger partial charge on any atom is -0.508 e. The molecule has 238 valence electrons. The van der Waals surface area contributed by atoms with Crippen LogP contribution in [-0.4, -0.2) is 100 Å². The molecule has 43 heavy (non-hydrogen) atoms. The second-order valence-corrected chi connectivity index (χ2v) is 12.0. The summed E-state index contributed by atoms with van der Waals surface area (Å²) in [7, 11) is 4.97. The molecule has 8 heteroatoms. The van der Waals surface area contributed by atoms with Crippen molar-refractivity contribution in [2.75, 3.05) is 67.3 Å². The van der Waals surface area contributed by atoms with Crippen LogP contribution in [0.15, 0.2) is 48.5 Å². The molecular weight excluding hydrogens is 544 g/mol. The van der Waals surface area contributed by atoms with Crippen molar-refractivity contribution in [1.82, 2.24) is 9.80 Å². The third-order valence-corrected chi connectivity index (χ3v) is 9.43. The Balaban J connectivity index is 1.36. The number of carbonyl (C=O) groups is 1. The molecular formula is C35H52N2O6. The Labute approximate surface area is 258 Å². The number of hydrogen-bond donors (Lipinski definition) is 1. The number of benzene rings is 2. The molecule has 2 aromatic rings. The van der Waals surface area contributed by atoms with Gasteiger partial charge in [-0.2, -0.15) is 0 Å². The smallest absolute Gasteiger partial charge is 0.225 e. The van der Waals surface area contributed by atoms with Crippen molar-refractivity contribution in [3.63, 3.8) is 0 Å². The Hall–Kier alpha value is -2.49. The van der Waals surface area contributed by atoms with Crippen LogP contribution in [0.5, 0.6) is 5.75 Å². The van der Waals surface area contributed by atoms with Crippen LogP contribution in [0, 0.1) is 0 Å². The zero-order valence-electron chi connectivity index (χ0n) is 26.5. The highest BCUT2D eigenvalue weighted by Crippen LogP contribution is 2.45. The van der Waals surface area contributed by atoms with Gasteiger partial charge in [0.1, 0.15) is 5.75 Å². The Bertz CT molecular complexity index is 1090. The van der Waals surface area contributed by atoms with Crippen LogP contribution < -0.4 is 0 Å². The minimum atomic E-state index is -0.424. The average molecular weight is 597 g/mol. The lowest BCUT2D eigenvalue weighted by molar-refractivity contribution is -0.151. The maximum Gasteiger partial charge on any atom is 0.225 e. The van der Waals surface area contributed by atoms with Crippen molar-refractivity contribution in [1.29, 1.82) is 0 Å². The minimum absolute atomic E-state index is 0.0968. The van der Waals surface area contributed by atoms with Gasteiger partial charge in [0.15, 0.2) is 6.29 Å². The normalized spacial score (nSPS) is 17.8. The summed E-state index contributed by atoms with van der Waals surface area (Å²) in [4.78, 5) is 17.6. The molecule has 4 rings (SSSR count). The molecule has 1 saturated heterocycles. The summed E-state index contributed by atoms with van der Waals surface area (Å²) in [6, 6.07) is 16.8. The van der Waals surface area contributed by atoms with Gasteiger partial charge in [-0.25, -0.2) is 0 Å². The van der Waals surface area contributed by atoms with Crippen molar-refractivity contribution >= 4 is 5.91 Å². The van der Waals surface area contributed by atoms with E-state index in [2.05, 4.69) is 35.2 Å². The average Bonchev–Trinajstić information content (AvgIpc) is 3.06. The topological polar surface area (TPSA) is 80.7 Å². The van der Waals surface area contributed by atoms with E-state index in [4.69, 9.17) is 18.9 Å². The van der Waals surface area contributed by atoms with Crippen LogP contribution in [0.2, 0.25) is 0 Å². The van der Waals surface area contributed by atoms with E-state index in [1.807, 2.05) is 23.1 Å². The fourth-order valence-electron chi connectivity index (χ4n) is 6.82. The largest absolute Gasteiger partial charge is 0.508 e. The van der Waals surface area contributed by atoms with E-state index in [-0.39, 0.29) is 17.4 Å². The maximum atomic E-state index is 13.2. The maximum absolute atomic E-state index is 13.2. The standard InChI is InChI=1S/C35H52N2O6/c1-40-25-22-36-20-18-35(19-21-36,29-10-6-4-7-11-29)31-26-28(14-15-32(31)38)16-23-43-24-17-33(39)37(27-34(41-2)42-3)30-12-8-5-9-13-30/h4,6-7,10-11,14-15,26,30,34,38H,5,8-9,12-13,16-25,27H2,1-3H3. The van der Waals surface area contributed by atoms with Crippen LogP contribution in [0.3, 0.4) is 0 Å². The number of ether oxygens (including phenoxy) is 4. The Morgan fingerprint density at radius 3 is 2.37 bits per heavy atom. The molecule has 1 aliphatic carbocycles. The van der Waals surface area contributed by atoms with Crippen molar-refractivity contribution in [2.24, 2.45) is 0 Å². The number of amides is 1. The molecule has 1 aliphatic heterocycles. The molecule has 1 N–H and O–H groups in total. The van der Waals surface area contributed by atoms with Gasteiger partial charge < -0.3 is 33.9 Å². The molecule has 0 bridgehead atoms. The molecule has 2 fully saturated rings. The summed E-state index contributed by atoms with van der Waals surface area (Å²) in [6.45, 7) is 4.89. The highest BCUT2D eigenvalue weighted by Gasteiger charge is 2.39. The summed E-state index contributed by atoms with van der Waals surface area (Å²) in [5.41, 5.74) is 3.12. The number of nitrogens with zero attached hydrogens (tertiary/aromatic N) is 2. The number of phenols is 1. The number of phenolic OH excluding ortho intramolecular Hbond substituents is 1. The quantitative estimate of drug-likeness (QED) is 0.212. The van der Waals surface area contributed by atoms with Gasteiger partial charge in [-0.3, -0.25) is 4.79 Å². The molecule has 1 amide bonds. The number of likely N-dealkylation sites (tertiary alicyclic amines) is 1. The van der Waals surface area contributed by atoms with E-state index in [9.17, 15) is 9.90 Å². The predicted octanol–water partition coefficient (Wildman–Crippen LogP) is 5.15. The molecule has 1 heterocycles. The van der Waals surface area contributed by atoms with Crippen molar-refractivity contribution in [3.8, 4) is 5.75 Å². The van der Waals surface area contributed by atoms with Crippen LogP contribution >= 0.6 is 0 Å². The molecule has 1 saturated carbocycles. The Morgan fingerprint density at radius 1 is 0.977 bits per heavy atom. The molecule has 0 aromatic heterocycles. The monoisotopic (exact) mass is 596 g/mol. The molecule has 2 aromatic carbocycles. The molecule has 2 aliphatic rings. The van der Waals surface area contributed by atoms with Crippen molar-refractivity contribution < 1.29 is 28.8 Å². The summed E-state index contributed by atoms with van der Waals surface area (Å²) >= 11 is 0. The first-order valence-electron chi connectivity index (χ1n) is 16.0. The van der Waals surface area contributed by atoms with E-state index in [0.29, 0.717) is 38.3 Å². The summed E-state index contributed by atoms with van der Waals surface area (Å²) in [5.74, 6) is 0.442. The first-order valence-corrected chi connectivity index (χ1v) is 16.0. The van der Waals surface area contributed by atoms with E-state index in [1.54, 1.807) is 21.3 Å². The fraction of sp³-hybridized carbons (Fsp3) is 0.629. The van der Waals surface area contributed by atoms with Gasteiger partial charge in [-0.15, -0.1) is 0 Å². The van der Waals surface area contributed by atoms with Crippen LogP contribution in [0.1, 0.15) is 68.1 Å². The molecule has 8 nitrogen and oxygen atoms in total. The van der Waals surface area contributed by atoms with Crippen LogP contribution in [-0.2, 0) is 35.6 Å². The number of hydrogen-bond acceptors (Lipinski definition) is 7. The van der Waals surface area contributed by atoms with Gasteiger partial charge >= 0.3 is 0 Å². The second-order valence-electron chi connectivity index (χ2n) is 12.0. The van der Waals surface area contributed by atoms with E-state index in [0.717, 1.165) is 75.9 Å². The zero-order valence-corrected chi connectivity index (χ0v) is 26.5. The fourth-order valence-corrected chi connectivity index (χ4v) is 6.82. The lowest BCUT2D eigenvalue weighted by Crippen LogP contribution is -2.46. The summed E-state index contributed by atoms with van der Waals surface area (Å²) in [6.07, 6.45) is 8.11. The number of piperidine rings is 1. The van der Waals surface area contributed by atoms with Gasteiger partial charge in [-0.1, -0.05) is 61.7 Å². The Morgan fingerprint density at radius 2 is 1.70 bits per heavy atom. The van der Waals surface area contributed by atoms with Crippen molar-refractivity contribution in [3.05, 3.63) is 65.2 Å².